The molecule has 0 saturated heterocycles. The van der Waals surface area contributed by atoms with Crippen LogP contribution < -0.4 is 0 Å². The first-order chi connectivity index (χ1) is 7.95. The minimum Gasteiger partial charge on any atom is -0.356 e. The van der Waals surface area contributed by atoms with Gasteiger partial charge in [-0.15, -0.1) is 0 Å². The molecule has 0 fully saturated rings. The summed E-state index contributed by atoms with van der Waals surface area (Å²) >= 11 is 0. The predicted octanol–water partition coefficient (Wildman–Crippen LogP) is 1.45. The van der Waals surface area contributed by atoms with Gasteiger partial charge in [-0.05, 0) is 19.9 Å². The average Bonchev–Trinajstić information content (AvgIpc) is 2.77. The highest BCUT2D eigenvalue weighted by Gasteiger charge is 2.16. The number of Topliss-reactive ketones (excluding diaryl/α,β-unsaturated/α-hetero) is 1. The first-order valence-electron chi connectivity index (χ1n) is 5.30. The van der Waals surface area contributed by atoms with Gasteiger partial charge >= 0.3 is 0 Å². The van der Waals surface area contributed by atoms with Gasteiger partial charge in [-0.2, -0.15) is 5.26 Å². The monoisotopic (exact) mass is 233 g/mol. The van der Waals surface area contributed by atoms with Gasteiger partial charge in [0, 0.05) is 25.4 Å². The van der Waals surface area contributed by atoms with Gasteiger partial charge in [0.05, 0.1) is 12.0 Å². The van der Waals surface area contributed by atoms with Crippen molar-refractivity contribution in [1.29, 1.82) is 5.26 Å². The fraction of sp³-hybridized carbons (Fsp3) is 0.417. The average molecular weight is 233 g/mol. The number of nitriles is 1. The van der Waals surface area contributed by atoms with Gasteiger partial charge < -0.3 is 9.88 Å². The number of nitrogens with zero attached hydrogens (tertiary/aromatic N) is 2. The SMILES string of the molecule is CC(=O)c1c[nH]c(C(=O)N(C)CC(C)C#N)c1. The maximum Gasteiger partial charge on any atom is 0.270 e. The van der Waals surface area contributed by atoms with Crippen LogP contribution in [0.25, 0.3) is 0 Å². The number of carbonyl (C=O) groups excluding carboxylic acids is 2. The summed E-state index contributed by atoms with van der Waals surface area (Å²) in [5.74, 6) is -0.529. The molecule has 1 aromatic heterocycles. The van der Waals surface area contributed by atoms with Crippen molar-refractivity contribution in [2.45, 2.75) is 13.8 Å². The highest BCUT2D eigenvalue weighted by Crippen LogP contribution is 2.08. The summed E-state index contributed by atoms with van der Waals surface area (Å²) in [7, 11) is 1.63. The second-order valence-electron chi connectivity index (χ2n) is 4.07. The largest absolute Gasteiger partial charge is 0.356 e. The third kappa shape index (κ3) is 3.18. The van der Waals surface area contributed by atoms with E-state index in [1.807, 2.05) is 0 Å². The van der Waals surface area contributed by atoms with E-state index in [0.29, 0.717) is 17.8 Å². The maximum atomic E-state index is 11.9. The van der Waals surface area contributed by atoms with E-state index < -0.39 is 0 Å². The minimum absolute atomic E-state index is 0.0895. The molecule has 5 nitrogen and oxygen atoms in total. The fourth-order valence-electron chi connectivity index (χ4n) is 1.46. The molecule has 17 heavy (non-hydrogen) atoms. The van der Waals surface area contributed by atoms with Gasteiger partial charge in [0.25, 0.3) is 5.91 Å². The van der Waals surface area contributed by atoms with Crippen LogP contribution in [0.2, 0.25) is 0 Å². The first-order valence-corrected chi connectivity index (χ1v) is 5.30. The molecule has 1 atom stereocenters. The van der Waals surface area contributed by atoms with Crippen molar-refractivity contribution in [3.8, 4) is 6.07 Å². The van der Waals surface area contributed by atoms with Crippen LogP contribution in [0, 0.1) is 17.2 Å². The van der Waals surface area contributed by atoms with Gasteiger partial charge in [0.15, 0.2) is 5.78 Å². The summed E-state index contributed by atoms with van der Waals surface area (Å²) in [6.07, 6.45) is 1.51. The number of rotatable bonds is 4. The van der Waals surface area contributed by atoms with Gasteiger partial charge in [0.2, 0.25) is 0 Å². The summed E-state index contributed by atoms with van der Waals surface area (Å²) in [4.78, 5) is 27.2. The van der Waals surface area contributed by atoms with E-state index in [9.17, 15) is 9.59 Å². The van der Waals surface area contributed by atoms with E-state index in [-0.39, 0.29) is 17.6 Å². The smallest absolute Gasteiger partial charge is 0.270 e. The lowest BCUT2D eigenvalue weighted by atomic mass is 10.2. The molecule has 90 valence electrons. The van der Waals surface area contributed by atoms with Crippen LogP contribution in [-0.2, 0) is 0 Å². The van der Waals surface area contributed by atoms with E-state index in [1.165, 1.54) is 24.1 Å². The summed E-state index contributed by atoms with van der Waals surface area (Å²) in [6, 6.07) is 3.59. The van der Waals surface area contributed by atoms with Crippen LogP contribution in [0.5, 0.6) is 0 Å². The molecule has 1 aromatic rings. The van der Waals surface area contributed by atoms with Gasteiger partial charge in [-0.25, -0.2) is 0 Å². The second-order valence-corrected chi connectivity index (χ2v) is 4.07. The Morgan fingerprint density at radius 1 is 1.59 bits per heavy atom. The molecule has 0 aliphatic carbocycles. The lowest BCUT2D eigenvalue weighted by Crippen LogP contribution is -2.30. The van der Waals surface area contributed by atoms with Crippen LogP contribution in [-0.4, -0.2) is 35.2 Å². The molecule has 1 amide bonds. The Morgan fingerprint density at radius 2 is 2.24 bits per heavy atom. The van der Waals surface area contributed by atoms with Crippen molar-refractivity contribution < 1.29 is 9.59 Å². The molecule has 0 saturated carbocycles. The molecule has 5 heteroatoms. The molecule has 1 heterocycles. The Bertz CT molecular complexity index is 470. The van der Waals surface area contributed by atoms with Crippen LogP contribution in [0.4, 0.5) is 0 Å². The topological polar surface area (TPSA) is 77.0 Å². The number of aromatic nitrogens is 1. The summed E-state index contributed by atoms with van der Waals surface area (Å²) < 4.78 is 0. The van der Waals surface area contributed by atoms with Crippen LogP contribution in [0.1, 0.15) is 34.7 Å². The minimum atomic E-state index is -0.223. The van der Waals surface area contributed by atoms with Crippen molar-refractivity contribution >= 4 is 11.7 Å². The van der Waals surface area contributed by atoms with Crippen molar-refractivity contribution in [2.75, 3.05) is 13.6 Å². The maximum absolute atomic E-state index is 11.9. The highest BCUT2D eigenvalue weighted by molar-refractivity contribution is 5.98. The van der Waals surface area contributed by atoms with Crippen molar-refractivity contribution in [2.24, 2.45) is 5.92 Å². The number of carbonyl (C=O) groups is 2. The third-order valence-electron chi connectivity index (χ3n) is 2.43. The number of aromatic amines is 1. The Morgan fingerprint density at radius 3 is 2.71 bits per heavy atom. The Labute approximate surface area is 100 Å². The molecule has 0 radical (unpaired) electrons. The van der Waals surface area contributed by atoms with E-state index >= 15 is 0 Å². The van der Waals surface area contributed by atoms with Crippen LogP contribution >= 0.6 is 0 Å². The number of H-pyrrole nitrogens is 1. The number of ketones is 1. The molecule has 1 unspecified atom stereocenters. The summed E-state index contributed by atoms with van der Waals surface area (Å²) in [5.41, 5.74) is 0.845. The van der Waals surface area contributed by atoms with Crippen LogP contribution in [0.3, 0.4) is 0 Å². The predicted molar refractivity (Wildman–Crippen MR) is 62.5 cm³/mol. The summed E-state index contributed by atoms with van der Waals surface area (Å²) in [5, 5.41) is 8.67. The first kappa shape index (κ1) is 13.0. The third-order valence-corrected chi connectivity index (χ3v) is 2.43. The molecule has 1 N–H and O–H groups in total. The number of nitrogens with one attached hydrogen (secondary N) is 1. The van der Waals surface area contributed by atoms with Crippen LogP contribution in [0.15, 0.2) is 12.3 Å². The highest BCUT2D eigenvalue weighted by atomic mass is 16.2. The quantitative estimate of drug-likeness (QED) is 0.799. The van der Waals surface area contributed by atoms with E-state index in [2.05, 4.69) is 11.1 Å². The van der Waals surface area contributed by atoms with Crippen molar-refractivity contribution in [1.82, 2.24) is 9.88 Å². The van der Waals surface area contributed by atoms with Gasteiger partial charge in [0.1, 0.15) is 5.69 Å². The lowest BCUT2D eigenvalue weighted by Gasteiger charge is -2.17. The molecule has 0 aliphatic heterocycles. The van der Waals surface area contributed by atoms with Crippen molar-refractivity contribution in [3.05, 3.63) is 23.5 Å². The Balaban J connectivity index is 2.75. The van der Waals surface area contributed by atoms with Gasteiger partial charge in [-0.3, -0.25) is 9.59 Å². The number of hydrogen-bond acceptors (Lipinski definition) is 3. The second kappa shape index (κ2) is 5.30. The normalized spacial score (nSPS) is 11.6. The zero-order valence-corrected chi connectivity index (χ0v) is 10.2. The zero-order valence-electron chi connectivity index (χ0n) is 10.2. The Hall–Kier alpha value is -2.09. The fourth-order valence-corrected chi connectivity index (χ4v) is 1.46. The molecule has 1 rings (SSSR count). The Kier molecular flexibility index (Phi) is 4.05. The number of amides is 1. The standard InChI is InChI=1S/C12H15N3O2/c1-8(5-13)7-15(3)12(17)11-4-10(6-14-11)9(2)16/h4,6,8,14H,7H2,1-3H3. The molecule has 0 aliphatic rings. The van der Waals surface area contributed by atoms with E-state index in [4.69, 9.17) is 5.26 Å². The van der Waals surface area contributed by atoms with E-state index in [1.54, 1.807) is 14.0 Å². The zero-order chi connectivity index (χ0) is 13.0. The molecule has 0 bridgehead atoms. The lowest BCUT2D eigenvalue weighted by molar-refractivity contribution is 0.0780. The molecule has 0 spiro atoms. The summed E-state index contributed by atoms with van der Waals surface area (Å²) in [6.45, 7) is 3.56. The molecule has 0 aromatic carbocycles. The van der Waals surface area contributed by atoms with E-state index in [0.717, 1.165) is 0 Å². The van der Waals surface area contributed by atoms with Gasteiger partial charge in [-0.1, -0.05) is 0 Å². The van der Waals surface area contributed by atoms with Crippen molar-refractivity contribution in [3.63, 3.8) is 0 Å². The number of hydrogen-bond donors (Lipinski definition) is 1. The molecular weight excluding hydrogens is 218 g/mol. The molecular formula is C12H15N3O2.